The average Bonchev–Trinajstić information content (AvgIpc) is 2.72. The second-order valence-electron chi connectivity index (χ2n) is 7.64. The maximum atomic E-state index is 14.4. The summed E-state index contributed by atoms with van der Waals surface area (Å²) in [5.74, 6) is 0.309. The number of anilines is 1. The van der Waals surface area contributed by atoms with Crippen LogP contribution in [-0.4, -0.2) is 54.6 Å². The highest BCUT2D eigenvalue weighted by molar-refractivity contribution is 6.00. The normalized spacial score (nSPS) is 17.6. The van der Waals surface area contributed by atoms with E-state index in [2.05, 4.69) is 10.3 Å². The molecule has 1 saturated heterocycles. The van der Waals surface area contributed by atoms with Gasteiger partial charge in [-0.05, 0) is 25.0 Å². The molecule has 9 heteroatoms. The number of hydrogen-bond donors (Lipinski definition) is 1. The molecule has 0 saturated carbocycles. The van der Waals surface area contributed by atoms with Crippen molar-refractivity contribution in [2.24, 2.45) is 5.92 Å². The van der Waals surface area contributed by atoms with Gasteiger partial charge in [-0.15, -0.1) is 0 Å². The third kappa shape index (κ3) is 3.51. The number of hydrogen-bond acceptors (Lipinski definition) is 6. The fourth-order valence-corrected chi connectivity index (χ4v) is 3.79. The number of carbonyl (C=O) groups excluding carboxylic acids is 2. The lowest BCUT2D eigenvalue weighted by Crippen LogP contribution is -2.52. The zero-order valence-corrected chi connectivity index (χ0v) is 16.2. The van der Waals surface area contributed by atoms with E-state index in [0.29, 0.717) is 43.6 Å². The summed E-state index contributed by atoms with van der Waals surface area (Å²) < 4.78 is 30.9. The minimum Gasteiger partial charge on any atom is -0.492 e. The third-order valence-electron chi connectivity index (χ3n) is 5.39. The summed E-state index contributed by atoms with van der Waals surface area (Å²) in [6, 6.07) is 4.41. The Morgan fingerprint density at radius 3 is 3.03 bits per heavy atom. The number of nitrogens with zero attached hydrogens (tertiary/aromatic N) is 2. The van der Waals surface area contributed by atoms with Gasteiger partial charge in [-0.3, -0.25) is 9.59 Å². The first kappa shape index (κ1) is 18.7. The number of carbonyl (C=O) groups is 2. The molecule has 156 valence electrons. The van der Waals surface area contributed by atoms with Crippen LogP contribution in [0.5, 0.6) is 17.4 Å². The van der Waals surface area contributed by atoms with Crippen LogP contribution in [-0.2, 0) is 11.2 Å². The molecule has 0 spiro atoms. The Kier molecular flexibility index (Phi) is 4.65. The van der Waals surface area contributed by atoms with Crippen LogP contribution in [0.4, 0.5) is 10.1 Å². The molecule has 30 heavy (non-hydrogen) atoms. The number of benzene rings is 1. The lowest BCUT2D eigenvalue weighted by molar-refractivity contribution is -0.118. The first-order chi connectivity index (χ1) is 14.6. The van der Waals surface area contributed by atoms with E-state index in [9.17, 15) is 14.0 Å². The molecule has 1 N–H and O–H groups in total. The van der Waals surface area contributed by atoms with Crippen LogP contribution in [0.15, 0.2) is 24.4 Å². The molecule has 0 bridgehead atoms. The van der Waals surface area contributed by atoms with Crippen LogP contribution in [0.2, 0.25) is 0 Å². The minimum atomic E-state index is -0.669. The molecule has 8 nitrogen and oxygen atoms in total. The van der Waals surface area contributed by atoms with Gasteiger partial charge in [0.1, 0.15) is 17.3 Å². The molecule has 4 heterocycles. The maximum absolute atomic E-state index is 14.4. The second-order valence-corrected chi connectivity index (χ2v) is 7.64. The molecule has 0 unspecified atom stereocenters. The SMILES string of the molecule is O=C1COc2cc(F)c(C(=O)N3CC(COc4cnc5c(c4)CCCO5)C3)cc2N1. The van der Waals surface area contributed by atoms with E-state index in [4.69, 9.17) is 14.2 Å². The lowest BCUT2D eigenvalue weighted by Gasteiger charge is -2.39. The van der Waals surface area contributed by atoms with Crippen molar-refractivity contribution >= 4 is 17.5 Å². The minimum absolute atomic E-state index is 0.0854. The summed E-state index contributed by atoms with van der Waals surface area (Å²) >= 11 is 0. The van der Waals surface area contributed by atoms with Crippen molar-refractivity contribution in [3.05, 3.63) is 41.3 Å². The number of nitrogens with one attached hydrogen (secondary N) is 1. The van der Waals surface area contributed by atoms with Crippen molar-refractivity contribution in [2.45, 2.75) is 12.8 Å². The number of likely N-dealkylation sites (tertiary alicyclic amines) is 1. The number of halogens is 1. The third-order valence-corrected chi connectivity index (χ3v) is 5.39. The van der Waals surface area contributed by atoms with E-state index in [1.807, 2.05) is 6.07 Å². The Balaban J connectivity index is 1.18. The Hall–Kier alpha value is -3.36. The highest BCUT2D eigenvalue weighted by Gasteiger charge is 2.34. The van der Waals surface area contributed by atoms with E-state index >= 15 is 0 Å². The quantitative estimate of drug-likeness (QED) is 0.825. The molecule has 0 atom stereocenters. The zero-order valence-electron chi connectivity index (χ0n) is 16.2. The molecule has 3 aliphatic rings. The molecular formula is C21H20FN3O5. The number of aryl methyl sites for hydroxylation is 1. The predicted molar refractivity (Wildman–Crippen MR) is 103 cm³/mol. The van der Waals surface area contributed by atoms with Crippen LogP contribution >= 0.6 is 0 Å². The van der Waals surface area contributed by atoms with Gasteiger partial charge < -0.3 is 24.4 Å². The first-order valence-corrected chi connectivity index (χ1v) is 9.87. The second kappa shape index (κ2) is 7.47. The molecule has 1 fully saturated rings. The van der Waals surface area contributed by atoms with Gasteiger partial charge in [-0.2, -0.15) is 0 Å². The van der Waals surface area contributed by atoms with E-state index < -0.39 is 11.7 Å². The van der Waals surface area contributed by atoms with Gasteiger partial charge in [-0.1, -0.05) is 0 Å². The zero-order chi connectivity index (χ0) is 20.7. The number of ether oxygens (including phenoxy) is 3. The molecule has 3 aliphatic heterocycles. The van der Waals surface area contributed by atoms with E-state index in [-0.39, 0.29) is 29.7 Å². The molecule has 5 rings (SSSR count). The van der Waals surface area contributed by atoms with Gasteiger partial charge in [0.05, 0.1) is 30.7 Å². The Bertz CT molecular complexity index is 1020. The Morgan fingerprint density at radius 1 is 1.30 bits per heavy atom. The van der Waals surface area contributed by atoms with Crippen molar-refractivity contribution in [3.63, 3.8) is 0 Å². The van der Waals surface area contributed by atoms with Crippen LogP contribution < -0.4 is 19.5 Å². The summed E-state index contributed by atoms with van der Waals surface area (Å²) in [5.41, 5.74) is 1.27. The fraction of sp³-hybridized carbons (Fsp3) is 0.381. The fourth-order valence-electron chi connectivity index (χ4n) is 3.79. The topological polar surface area (TPSA) is 90.0 Å². The van der Waals surface area contributed by atoms with Crippen molar-refractivity contribution in [1.82, 2.24) is 9.88 Å². The monoisotopic (exact) mass is 413 g/mol. The number of aromatic nitrogens is 1. The number of pyridine rings is 1. The molecular weight excluding hydrogens is 393 g/mol. The molecule has 2 amide bonds. The number of amides is 2. The first-order valence-electron chi connectivity index (χ1n) is 9.87. The Labute approximate surface area is 171 Å². The van der Waals surface area contributed by atoms with Crippen molar-refractivity contribution in [1.29, 1.82) is 0 Å². The van der Waals surface area contributed by atoms with E-state index in [1.54, 1.807) is 11.1 Å². The highest BCUT2D eigenvalue weighted by Crippen LogP contribution is 2.32. The summed E-state index contributed by atoms with van der Waals surface area (Å²) in [6.07, 6.45) is 3.53. The molecule has 1 aromatic carbocycles. The molecule has 0 aliphatic carbocycles. The maximum Gasteiger partial charge on any atom is 0.262 e. The number of rotatable bonds is 4. The van der Waals surface area contributed by atoms with E-state index in [1.165, 1.54) is 6.07 Å². The molecule has 1 aromatic heterocycles. The van der Waals surface area contributed by atoms with Gasteiger partial charge in [0.15, 0.2) is 6.61 Å². The van der Waals surface area contributed by atoms with Gasteiger partial charge in [0, 0.05) is 30.6 Å². The highest BCUT2D eigenvalue weighted by atomic mass is 19.1. The largest absolute Gasteiger partial charge is 0.492 e. The summed E-state index contributed by atoms with van der Waals surface area (Å²) in [5, 5.41) is 2.59. The van der Waals surface area contributed by atoms with Gasteiger partial charge in [-0.25, -0.2) is 9.37 Å². The Morgan fingerprint density at radius 2 is 2.17 bits per heavy atom. The molecule has 0 radical (unpaired) electrons. The van der Waals surface area contributed by atoms with Crippen molar-refractivity contribution in [2.75, 3.05) is 38.2 Å². The van der Waals surface area contributed by atoms with E-state index in [0.717, 1.165) is 24.5 Å². The summed E-state index contributed by atoms with van der Waals surface area (Å²) in [7, 11) is 0. The van der Waals surface area contributed by atoms with Crippen molar-refractivity contribution < 1.29 is 28.2 Å². The summed E-state index contributed by atoms with van der Waals surface area (Å²) in [4.78, 5) is 30.0. The summed E-state index contributed by atoms with van der Waals surface area (Å²) in [6.45, 7) is 1.91. The van der Waals surface area contributed by atoms with Crippen molar-refractivity contribution in [3.8, 4) is 17.4 Å². The predicted octanol–water partition coefficient (Wildman–Crippen LogP) is 2.03. The standard InChI is InChI=1S/C21H20FN3O5/c22-16-6-18-17(24-19(26)11-30-18)5-15(16)21(27)25-8-12(9-25)10-29-14-4-13-2-1-3-28-20(13)23-7-14/h4-7,12H,1-3,8-11H2,(H,24,26). The van der Waals surface area contributed by atoms with Crippen LogP contribution in [0, 0.1) is 11.7 Å². The smallest absolute Gasteiger partial charge is 0.262 e. The van der Waals surface area contributed by atoms with Gasteiger partial charge >= 0.3 is 0 Å². The van der Waals surface area contributed by atoms with Crippen LogP contribution in [0.1, 0.15) is 22.3 Å². The lowest BCUT2D eigenvalue weighted by atomic mass is 9.99. The van der Waals surface area contributed by atoms with Crippen LogP contribution in [0.3, 0.4) is 0 Å². The average molecular weight is 413 g/mol. The van der Waals surface area contributed by atoms with Gasteiger partial charge in [0.2, 0.25) is 5.88 Å². The molecule has 2 aromatic rings. The number of fused-ring (bicyclic) bond motifs is 2. The van der Waals surface area contributed by atoms with Crippen LogP contribution in [0.25, 0.3) is 0 Å². The van der Waals surface area contributed by atoms with Gasteiger partial charge in [0.25, 0.3) is 11.8 Å².